The Morgan fingerprint density at radius 1 is 0.970 bits per heavy atom. The van der Waals surface area contributed by atoms with Crippen molar-refractivity contribution < 1.29 is 28.2 Å². The molecule has 33 heavy (non-hydrogen) atoms. The highest BCUT2D eigenvalue weighted by molar-refractivity contribution is 8.08. The molecule has 0 aliphatic carbocycles. The Kier molecular flexibility index (Phi) is 7.78. The molecule has 0 bridgehead atoms. The molecule has 0 spiro atoms. The van der Waals surface area contributed by atoms with Crippen LogP contribution in [0.2, 0.25) is 0 Å². The lowest BCUT2D eigenvalue weighted by Crippen LogP contribution is -2.16. The van der Waals surface area contributed by atoms with E-state index in [-0.39, 0.29) is 18.1 Å². The fourth-order valence-electron chi connectivity index (χ4n) is 3.00. The van der Waals surface area contributed by atoms with Crippen LogP contribution in [0.15, 0.2) is 60.7 Å². The lowest BCUT2D eigenvalue weighted by molar-refractivity contribution is 0.0991. The van der Waals surface area contributed by atoms with Gasteiger partial charge in [0.2, 0.25) is 0 Å². The van der Waals surface area contributed by atoms with Crippen LogP contribution in [0.5, 0.6) is 17.2 Å². The van der Waals surface area contributed by atoms with Crippen LogP contribution in [0, 0.1) is 11.6 Å². The Hall–Kier alpha value is -3.72. The van der Waals surface area contributed by atoms with Gasteiger partial charge in [-0.1, -0.05) is 12.1 Å². The van der Waals surface area contributed by atoms with Gasteiger partial charge in [0.05, 0.1) is 19.4 Å². The number of primary amides is 1. The first kappa shape index (κ1) is 23.9. The number of amides is 1. The summed E-state index contributed by atoms with van der Waals surface area (Å²) in [5, 5.41) is 9.62. The smallest absolute Gasteiger partial charge is 0.254 e. The molecule has 0 unspecified atom stereocenters. The Bertz CT molecular complexity index is 1170. The van der Waals surface area contributed by atoms with Gasteiger partial charge in [-0.25, -0.2) is 8.78 Å². The van der Waals surface area contributed by atoms with Gasteiger partial charge in [0, 0.05) is 10.7 Å². The fraction of sp³-hybridized carbons (Fsp3) is 0.125. The van der Waals surface area contributed by atoms with Crippen LogP contribution in [0.4, 0.5) is 8.78 Å². The third-order valence-electron chi connectivity index (χ3n) is 4.66. The van der Waals surface area contributed by atoms with Crippen molar-refractivity contribution in [2.45, 2.75) is 0 Å². The molecule has 9 heteroatoms. The quantitative estimate of drug-likeness (QED) is 0.315. The summed E-state index contributed by atoms with van der Waals surface area (Å²) in [6.45, 7) is 0.0445. The molecule has 1 amide bonds. The van der Waals surface area contributed by atoms with Crippen LogP contribution >= 0.6 is 11.8 Å². The average Bonchev–Trinajstić information content (AvgIpc) is 2.80. The molecular weight excluding hydrogens is 450 g/mol. The van der Waals surface area contributed by atoms with Gasteiger partial charge in [0.1, 0.15) is 22.9 Å². The molecule has 0 saturated carbocycles. The Balaban J connectivity index is 1.79. The van der Waals surface area contributed by atoms with E-state index in [1.165, 1.54) is 11.8 Å². The van der Waals surface area contributed by atoms with Crippen LogP contribution < -0.4 is 20.9 Å². The van der Waals surface area contributed by atoms with Crippen LogP contribution in [-0.4, -0.2) is 30.5 Å². The van der Waals surface area contributed by atoms with E-state index < -0.39 is 23.1 Å². The Morgan fingerprint density at radius 3 is 2.21 bits per heavy atom. The normalized spacial score (nSPS) is 11.6. The maximum Gasteiger partial charge on any atom is 0.254 e. The molecule has 0 aromatic heterocycles. The molecule has 0 heterocycles. The fourth-order valence-corrected chi connectivity index (χ4v) is 3.94. The van der Waals surface area contributed by atoms with Gasteiger partial charge in [-0.05, 0) is 59.7 Å². The molecule has 5 N–H and O–H groups in total. The molecule has 0 atom stereocenters. The van der Waals surface area contributed by atoms with Crippen LogP contribution in [-0.2, 0) is 0 Å². The molecule has 3 aromatic carbocycles. The monoisotopic (exact) mass is 472 g/mol. The van der Waals surface area contributed by atoms with E-state index in [9.17, 15) is 18.7 Å². The van der Waals surface area contributed by atoms with E-state index in [4.69, 9.17) is 20.9 Å². The number of thioether (sulfide) groups is 1. The number of ether oxygens (including phenoxy) is 2. The van der Waals surface area contributed by atoms with Crippen LogP contribution in [0.25, 0.3) is 10.6 Å². The van der Waals surface area contributed by atoms with Crippen molar-refractivity contribution in [3.63, 3.8) is 0 Å². The number of benzene rings is 3. The van der Waals surface area contributed by atoms with Crippen molar-refractivity contribution in [2.75, 3.05) is 19.5 Å². The molecule has 3 rings (SSSR count). The summed E-state index contributed by atoms with van der Waals surface area (Å²) in [6.07, 6.45) is 0. The highest BCUT2D eigenvalue weighted by Gasteiger charge is 2.19. The SMILES string of the molecule is COc1ccc(/C(N)=C(/SCCOc2ccc(F)c(C(N)=O)c2F)c2ccc(O)cc2)cc1. The summed E-state index contributed by atoms with van der Waals surface area (Å²) < 4.78 is 38.6. The molecule has 172 valence electrons. The molecule has 0 aliphatic rings. The summed E-state index contributed by atoms with van der Waals surface area (Å²) in [6, 6.07) is 15.8. The summed E-state index contributed by atoms with van der Waals surface area (Å²) in [5.74, 6) is -2.51. The minimum absolute atomic E-state index is 0.0445. The van der Waals surface area contributed by atoms with E-state index in [2.05, 4.69) is 0 Å². The van der Waals surface area contributed by atoms with Crippen molar-refractivity contribution >= 4 is 28.3 Å². The summed E-state index contributed by atoms with van der Waals surface area (Å²) in [4.78, 5) is 12.0. The van der Waals surface area contributed by atoms with Gasteiger partial charge in [-0.2, -0.15) is 0 Å². The molecule has 0 fully saturated rings. The Morgan fingerprint density at radius 2 is 1.61 bits per heavy atom. The first-order valence-corrected chi connectivity index (χ1v) is 10.8. The first-order valence-electron chi connectivity index (χ1n) is 9.78. The molecule has 0 radical (unpaired) electrons. The number of nitrogens with two attached hydrogens (primary N) is 2. The van der Waals surface area contributed by atoms with E-state index >= 15 is 0 Å². The second-order valence-electron chi connectivity index (χ2n) is 6.81. The maximum absolute atomic E-state index is 14.3. The molecule has 6 nitrogen and oxygen atoms in total. The number of phenolic OH excluding ortho intramolecular Hbond substituents is 1. The highest BCUT2D eigenvalue weighted by atomic mass is 32.2. The number of hydrogen-bond donors (Lipinski definition) is 3. The second kappa shape index (κ2) is 10.7. The third-order valence-corrected chi connectivity index (χ3v) is 5.78. The minimum Gasteiger partial charge on any atom is -0.508 e. The summed E-state index contributed by atoms with van der Waals surface area (Å²) in [7, 11) is 1.57. The van der Waals surface area contributed by atoms with Gasteiger partial charge in [-0.3, -0.25) is 4.79 Å². The number of methoxy groups -OCH3 is 1. The zero-order valence-corrected chi connectivity index (χ0v) is 18.5. The van der Waals surface area contributed by atoms with Crippen LogP contribution in [0.3, 0.4) is 0 Å². The van der Waals surface area contributed by atoms with Gasteiger partial charge in [-0.15, -0.1) is 11.8 Å². The zero-order valence-electron chi connectivity index (χ0n) is 17.7. The number of carbonyl (C=O) groups is 1. The lowest BCUT2D eigenvalue weighted by Gasteiger charge is -2.14. The summed E-state index contributed by atoms with van der Waals surface area (Å²) in [5.41, 5.74) is 12.7. The van der Waals surface area contributed by atoms with Gasteiger partial charge in [0.25, 0.3) is 5.91 Å². The van der Waals surface area contributed by atoms with Gasteiger partial charge in [0.15, 0.2) is 11.6 Å². The number of halogens is 2. The predicted octanol–water partition coefficient (Wildman–Crippen LogP) is 4.37. The zero-order chi connectivity index (χ0) is 24.0. The third kappa shape index (κ3) is 5.75. The number of phenols is 1. The maximum atomic E-state index is 14.3. The largest absolute Gasteiger partial charge is 0.508 e. The van der Waals surface area contributed by atoms with Gasteiger partial charge < -0.3 is 26.0 Å². The average molecular weight is 473 g/mol. The van der Waals surface area contributed by atoms with Crippen molar-refractivity contribution in [1.82, 2.24) is 0 Å². The minimum atomic E-state index is -1.21. The topological polar surface area (TPSA) is 108 Å². The van der Waals surface area contributed by atoms with E-state index in [1.54, 1.807) is 43.5 Å². The molecule has 0 aliphatic heterocycles. The van der Waals surface area contributed by atoms with Crippen LogP contribution in [0.1, 0.15) is 21.5 Å². The molecular formula is C24H22F2N2O4S. The van der Waals surface area contributed by atoms with Crippen molar-refractivity contribution in [1.29, 1.82) is 0 Å². The highest BCUT2D eigenvalue weighted by Crippen LogP contribution is 2.34. The van der Waals surface area contributed by atoms with Gasteiger partial charge >= 0.3 is 0 Å². The van der Waals surface area contributed by atoms with E-state index in [0.717, 1.165) is 28.2 Å². The second-order valence-corrected chi connectivity index (χ2v) is 7.92. The first-order chi connectivity index (χ1) is 15.8. The lowest BCUT2D eigenvalue weighted by atomic mass is 10.1. The van der Waals surface area contributed by atoms with Crippen molar-refractivity contribution in [3.8, 4) is 17.2 Å². The van der Waals surface area contributed by atoms with Crippen molar-refractivity contribution in [2.24, 2.45) is 11.5 Å². The molecule has 0 saturated heterocycles. The number of hydrogen-bond acceptors (Lipinski definition) is 6. The standard InChI is InChI=1S/C24H22F2N2O4S/c1-31-17-8-4-14(5-9-17)22(27)23(15-2-6-16(29)7-3-15)33-13-12-32-19-11-10-18(25)20(21(19)26)24(28)30/h2-11,29H,12-13,27H2,1H3,(H2,28,30)/b23-22-. The number of rotatable bonds is 9. The Labute approximate surface area is 193 Å². The van der Waals surface area contributed by atoms with E-state index in [0.29, 0.717) is 17.2 Å². The summed E-state index contributed by atoms with van der Waals surface area (Å²) >= 11 is 1.36. The number of carbonyl (C=O) groups excluding carboxylic acids is 1. The predicted molar refractivity (Wildman–Crippen MR) is 125 cm³/mol. The van der Waals surface area contributed by atoms with Crippen molar-refractivity contribution in [3.05, 3.63) is 89.0 Å². The number of aromatic hydroxyl groups is 1. The molecule has 3 aromatic rings. The van der Waals surface area contributed by atoms with E-state index in [1.807, 2.05) is 12.1 Å².